The van der Waals surface area contributed by atoms with E-state index in [0.717, 1.165) is 32.1 Å². The molecule has 3 N–H and O–H groups in total. The number of aliphatic hydroxyl groups excluding tert-OH is 2. The Labute approximate surface area is 174 Å². The Hall–Kier alpha value is -0.940. The molecule has 0 aromatic rings. The number of carboxylic acid groups (broad SMARTS) is 1. The summed E-state index contributed by atoms with van der Waals surface area (Å²) in [4.78, 5) is 24.4. The number of rotatable bonds is 4. The van der Waals surface area contributed by atoms with Crippen LogP contribution in [0.5, 0.6) is 0 Å². The van der Waals surface area contributed by atoms with E-state index in [4.69, 9.17) is 5.11 Å². The highest BCUT2D eigenvalue weighted by Gasteiger charge is 2.65. The number of ketones is 1. The lowest BCUT2D eigenvalue weighted by Crippen LogP contribution is -2.61. The van der Waals surface area contributed by atoms with Gasteiger partial charge in [0.15, 0.2) is 0 Å². The fraction of sp³-hybridized carbons (Fsp3) is 0.917. The molecule has 0 bridgehead atoms. The molecule has 5 heteroatoms. The van der Waals surface area contributed by atoms with Crippen LogP contribution in [0.2, 0.25) is 0 Å². The van der Waals surface area contributed by atoms with Crippen LogP contribution in [0.3, 0.4) is 0 Å². The summed E-state index contributed by atoms with van der Waals surface area (Å²) in [5, 5.41) is 30.7. The number of aliphatic carboxylic acids is 1. The molecular weight excluding hydrogens is 368 g/mol. The Bertz CT molecular complexity index is 676. The fourth-order valence-electron chi connectivity index (χ4n) is 8.40. The molecule has 4 aliphatic carbocycles. The average molecular weight is 407 g/mol. The third kappa shape index (κ3) is 3.18. The van der Waals surface area contributed by atoms with Crippen LogP contribution in [0.1, 0.15) is 78.6 Å². The second-order valence-corrected chi connectivity index (χ2v) is 11.3. The van der Waals surface area contributed by atoms with Crippen molar-refractivity contribution in [1.82, 2.24) is 0 Å². The maximum absolute atomic E-state index is 13.4. The van der Waals surface area contributed by atoms with E-state index in [1.807, 2.05) is 0 Å². The van der Waals surface area contributed by atoms with Gasteiger partial charge in [0, 0.05) is 24.2 Å². The van der Waals surface area contributed by atoms with Gasteiger partial charge >= 0.3 is 5.97 Å². The summed E-state index contributed by atoms with van der Waals surface area (Å²) in [5.74, 6) is 0.775. The molecule has 29 heavy (non-hydrogen) atoms. The molecule has 4 fully saturated rings. The molecule has 0 unspecified atom stereocenters. The van der Waals surface area contributed by atoms with Crippen molar-refractivity contribution in [3.05, 3.63) is 0 Å². The summed E-state index contributed by atoms with van der Waals surface area (Å²) in [7, 11) is 0. The van der Waals surface area contributed by atoms with Crippen molar-refractivity contribution >= 4 is 11.8 Å². The summed E-state index contributed by atoms with van der Waals surface area (Å²) in [6, 6.07) is 0. The van der Waals surface area contributed by atoms with Crippen LogP contribution in [-0.4, -0.2) is 39.3 Å². The normalized spacial score (nSPS) is 50.4. The van der Waals surface area contributed by atoms with Gasteiger partial charge in [-0.2, -0.15) is 0 Å². The second-order valence-electron chi connectivity index (χ2n) is 11.3. The molecular formula is C24H38O5. The maximum atomic E-state index is 13.4. The van der Waals surface area contributed by atoms with Crippen molar-refractivity contribution in [2.45, 2.75) is 90.8 Å². The number of carbonyl (C=O) groups excluding carboxylic acids is 1. The van der Waals surface area contributed by atoms with E-state index in [2.05, 4.69) is 20.8 Å². The van der Waals surface area contributed by atoms with Gasteiger partial charge in [0.1, 0.15) is 5.78 Å². The Kier molecular flexibility index (Phi) is 5.39. The number of aliphatic hydroxyl groups is 2. The monoisotopic (exact) mass is 406 g/mol. The van der Waals surface area contributed by atoms with Gasteiger partial charge in [0.2, 0.25) is 0 Å². The molecule has 4 rings (SSSR count). The van der Waals surface area contributed by atoms with Crippen LogP contribution in [0.25, 0.3) is 0 Å². The van der Waals surface area contributed by atoms with Crippen molar-refractivity contribution in [3.63, 3.8) is 0 Å². The zero-order valence-corrected chi connectivity index (χ0v) is 18.1. The Balaban J connectivity index is 1.62. The molecule has 0 aromatic heterocycles. The number of carbonyl (C=O) groups is 2. The Morgan fingerprint density at radius 2 is 1.86 bits per heavy atom. The molecule has 4 aliphatic rings. The van der Waals surface area contributed by atoms with Crippen LogP contribution >= 0.6 is 0 Å². The van der Waals surface area contributed by atoms with E-state index in [9.17, 15) is 19.8 Å². The number of fused-ring (bicyclic) bond motifs is 5. The molecule has 164 valence electrons. The Morgan fingerprint density at radius 3 is 2.55 bits per heavy atom. The van der Waals surface area contributed by atoms with E-state index in [1.165, 1.54) is 0 Å². The summed E-state index contributed by atoms with van der Waals surface area (Å²) >= 11 is 0. The molecule has 0 saturated heterocycles. The van der Waals surface area contributed by atoms with Crippen molar-refractivity contribution < 1.29 is 24.9 Å². The summed E-state index contributed by atoms with van der Waals surface area (Å²) in [6.45, 7) is 6.62. The van der Waals surface area contributed by atoms with Crippen molar-refractivity contribution in [2.75, 3.05) is 0 Å². The number of hydrogen-bond donors (Lipinski definition) is 3. The van der Waals surface area contributed by atoms with Gasteiger partial charge < -0.3 is 15.3 Å². The standard InChI is InChI=1S/C24H38O5/c1-13(4-7-21(28)29)16-5-6-17-22-18(12-20(27)24(16,17)3)23(2)9-8-15(25)10-14(23)11-19(22)26/h13-18,20,22,25,27H,4-12H2,1-3H3,(H,28,29)/t13-,14-,15-,16-,17-,18+,20+,22+,23+,24-/m1/s1. The molecule has 0 amide bonds. The molecule has 10 atom stereocenters. The van der Waals surface area contributed by atoms with Crippen molar-refractivity contribution in [1.29, 1.82) is 0 Å². The van der Waals surface area contributed by atoms with Crippen LogP contribution in [0.15, 0.2) is 0 Å². The smallest absolute Gasteiger partial charge is 0.303 e. The van der Waals surface area contributed by atoms with Crippen LogP contribution in [0, 0.1) is 46.3 Å². The molecule has 5 nitrogen and oxygen atoms in total. The van der Waals surface area contributed by atoms with Crippen LogP contribution in [-0.2, 0) is 9.59 Å². The first-order valence-electron chi connectivity index (χ1n) is 11.7. The summed E-state index contributed by atoms with van der Waals surface area (Å²) in [5.41, 5.74) is -0.265. The quantitative estimate of drug-likeness (QED) is 0.662. The van der Waals surface area contributed by atoms with Gasteiger partial charge in [0.25, 0.3) is 0 Å². The lowest BCUT2D eigenvalue weighted by Gasteiger charge is -2.61. The van der Waals surface area contributed by atoms with Gasteiger partial charge in [0.05, 0.1) is 12.2 Å². The van der Waals surface area contributed by atoms with Gasteiger partial charge in [-0.05, 0) is 80.0 Å². The van der Waals surface area contributed by atoms with Gasteiger partial charge in [-0.25, -0.2) is 0 Å². The van der Waals surface area contributed by atoms with E-state index in [-0.39, 0.29) is 58.9 Å². The van der Waals surface area contributed by atoms with E-state index >= 15 is 0 Å². The highest BCUT2D eigenvalue weighted by atomic mass is 16.4. The van der Waals surface area contributed by atoms with Gasteiger partial charge in [-0.1, -0.05) is 20.8 Å². The summed E-state index contributed by atoms with van der Waals surface area (Å²) < 4.78 is 0. The molecule has 0 spiro atoms. The largest absolute Gasteiger partial charge is 0.481 e. The average Bonchev–Trinajstić information content (AvgIpc) is 3.01. The molecule has 0 heterocycles. The predicted molar refractivity (Wildman–Crippen MR) is 109 cm³/mol. The second kappa shape index (κ2) is 7.33. The van der Waals surface area contributed by atoms with E-state index in [1.54, 1.807) is 0 Å². The first kappa shape index (κ1) is 21.3. The van der Waals surface area contributed by atoms with E-state index < -0.39 is 12.1 Å². The van der Waals surface area contributed by atoms with Crippen molar-refractivity contribution in [3.8, 4) is 0 Å². The minimum absolute atomic E-state index is 0.0246. The van der Waals surface area contributed by atoms with Crippen molar-refractivity contribution in [2.24, 2.45) is 46.3 Å². The van der Waals surface area contributed by atoms with Gasteiger partial charge in [-0.15, -0.1) is 0 Å². The first-order chi connectivity index (χ1) is 13.6. The fourth-order valence-corrected chi connectivity index (χ4v) is 8.40. The molecule has 4 saturated carbocycles. The highest BCUT2D eigenvalue weighted by Crippen LogP contribution is 2.67. The minimum atomic E-state index is -0.762. The third-order valence-corrected chi connectivity index (χ3v) is 10.1. The van der Waals surface area contributed by atoms with Crippen LogP contribution in [0.4, 0.5) is 0 Å². The summed E-state index contributed by atoms with van der Waals surface area (Å²) in [6.07, 6.45) is 5.74. The molecule has 0 aromatic carbocycles. The molecule has 0 radical (unpaired) electrons. The number of carboxylic acids is 1. The lowest BCUT2D eigenvalue weighted by atomic mass is 9.43. The van der Waals surface area contributed by atoms with Gasteiger partial charge in [-0.3, -0.25) is 9.59 Å². The topological polar surface area (TPSA) is 94.8 Å². The zero-order valence-electron chi connectivity index (χ0n) is 18.1. The Morgan fingerprint density at radius 1 is 1.14 bits per heavy atom. The van der Waals surface area contributed by atoms with Crippen LogP contribution < -0.4 is 0 Å². The lowest BCUT2D eigenvalue weighted by molar-refractivity contribution is -0.182. The first-order valence-corrected chi connectivity index (χ1v) is 11.7. The highest BCUT2D eigenvalue weighted by molar-refractivity contribution is 5.83. The van der Waals surface area contributed by atoms with E-state index in [0.29, 0.717) is 25.0 Å². The minimum Gasteiger partial charge on any atom is -0.481 e. The predicted octanol–water partition coefficient (Wildman–Crippen LogP) is 3.66. The molecule has 0 aliphatic heterocycles. The maximum Gasteiger partial charge on any atom is 0.303 e. The SMILES string of the molecule is C[C@H](CCC(=O)O)[C@H]1CC[C@@H]2[C@@H]3C(=O)C[C@H]4C[C@H](O)CC[C@]4(C)[C@H]3C[C@H](O)[C@@]21C. The zero-order chi connectivity index (χ0) is 21.1. The number of Topliss-reactive ketones (excluding diaryl/α,β-unsaturated/α-hetero) is 1. The number of hydrogen-bond acceptors (Lipinski definition) is 4. The third-order valence-electron chi connectivity index (χ3n) is 10.1.